The van der Waals surface area contributed by atoms with Gasteiger partial charge in [0.25, 0.3) is 0 Å². The number of aromatic nitrogens is 1. The first-order valence-electron chi connectivity index (χ1n) is 7.12. The number of hydrogen-bond donors (Lipinski definition) is 1. The molecule has 3 heteroatoms. The SMILES string of the molecule is CC(C)c1sc(C(N)C(C)(C)C)nc1-c1ccccc1. The molecule has 2 aromatic rings. The van der Waals surface area contributed by atoms with Crippen molar-refractivity contribution < 1.29 is 0 Å². The van der Waals surface area contributed by atoms with Gasteiger partial charge in [-0.2, -0.15) is 0 Å². The average molecular weight is 288 g/mol. The second-order valence-electron chi connectivity index (χ2n) is 6.63. The molecule has 1 aromatic carbocycles. The van der Waals surface area contributed by atoms with E-state index < -0.39 is 0 Å². The van der Waals surface area contributed by atoms with Crippen molar-refractivity contribution in [2.45, 2.75) is 46.6 Å². The van der Waals surface area contributed by atoms with E-state index in [1.54, 1.807) is 11.3 Å². The first-order chi connectivity index (χ1) is 9.30. The van der Waals surface area contributed by atoms with Crippen molar-refractivity contribution in [3.05, 3.63) is 40.2 Å². The van der Waals surface area contributed by atoms with Crippen LogP contribution in [0.1, 0.15) is 56.5 Å². The van der Waals surface area contributed by atoms with Crippen LogP contribution in [0.5, 0.6) is 0 Å². The molecule has 0 saturated heterocycles. The van der Waals surface area contributed by atoms with E-state index in [2.05, 4.69) is 58.9 Å². The third-order valence-corrected chi connectivity index (χ3v) is 4.88. The molecule has 0 fully saturated rings. The molecule has 1 aromatic heterocycles. The van der Waals surface area contributed by atoms with Crippen LogP contribution in [0.2, 0.25) is 0 Å². The molecule has 0 aliphatic heterocycles. The Hall–Kier alpha value is -1.19. The van der Waals surface area contributed by atoms with E-state index in [1.165, 1.54) is 10.4 Å². The fourth-order valence-corrected chi connectivity index (χ4v) is 3.39. The summed E-state index contributed by atoms with van der Waals surface area (Å²) < 4.78 is 0. The second kappa shape index (κ2) is 5.66. The van der Waals surface area contributed by atoms with Crippen molar-refractivity contribution in [1.82, 2.24) is 4.98 Å². The van der Waals surface area contributed by atoms with Gasteiger partial charge in [0, 0.05) is 10.4 Å². The highest BCUT2D eigenvalue weighted by atomic mass is 32.1. The zero-order valence-corrected chi connectivity index (χ0v) is 13.8. The second-order valence-corrected chi connectivity index (χ2v) is 7.69. The largest absolute Gasteiger partial charge is 0.322 e. The van der Waals surface area contributed by atoms with Crippen molar-refractivity contribution in [3.8, 4) is 11.3 Å². The highest BCUT2D eigenvalue weighted by Gasteiger charge is 2.27. The van der Waals surface area contributed by atoms with Crippen LogP contribution < -0.4 is 5.73 Å². The lowest BCUT2D eigenvalue weighted by molar-refractivity contribution is 0.326. The third kappa shape index (κ3) is 3.10. The number of benzene rings is 1. The average Bonchev–Trinajstić information content (AvgIpc) is 2.82. The van der Waals surface area contributed by atoms with Gasteiger partial charge in [-0.05, 0) is 11.3 Å². The maximum absolute atomic E-state index is 6.38. The summed E-state index contributed by atoms with van der Waals surface area (Å²) in [6.45, 7) is 10.9. The Bertz CT molecular complexity index is 564. The van der Waals surface area contributed by atoms with Crippen LogP contribution in [0, 0.1) is 5.41 Å². The van der Waals surface area contributed by atoms with Gasteiger partial charge < -0.3 is 5.73 Å². The number of nitrogens with zero attached hydrogens (tertiary/aromatic N) is 1. The van der Waals surface area contributed by atoms with Crippen molar-refractivity contribution >= 4 is 11.3 Å². The molecule has 1 unspecified atom stereocenters. The first-order valence-corrected chi connectivity index (χ1v) is 7.94. The molecule has 0 spiro atoms. The predicted octanol–water partition coefficient (Wildman–Crippen LogP) is 4.98. The van der Waals surface area contributed by atoms with E-state index in [0.29, 0.717) is 5.92 Å². The Labute approximate surface area is 126 Å². The number of thiazole rings is 1. The molecule has 108 valence electrons. The molecule has 2 rings (SSSR count). The van der Waals surface area contributed by atoms with E-state index in [9.17, 15) is 0 Å². The minimum absolute atomic E-state index is 0.0255. The van der Waals surface area contributed by atoms with E-state index in [0.717, 1.165) is 10.7 Å². The normalized spacial score (nSPS) is 13.8. The summed E-state index contributed by atoms with van der Waals surface area (Å²) >= 11 is 1.76. The van der Waals surface area contributed by atoms with E-state index in [-0.39, 0.29) is 11.5 Å². The Morgan fingerprint density at radius 2 is 1.70 bits per heavy atom. The lowest BCUT2D eigenvalue weighted by Gasteiger charge is -2.24. The fraction of sp³-hybridized carbons (Fsp3) is 0.471. The van der Waals surface area contributed by atoms with Crippen LogP contribution in [0.15, 0.2) is 30.3 Å². The standard InChI is InChI=1S/C17H24N2S/c1-11(2)14-13(12-9-7-6-8-10-12)19-16(20-14)15(18)17(3,4)5/h6-11,15H,18H2,1-5H3. The predicted molar refractivity (Wildman–Crippen MR) is 88.0 cm³/mol. The lowest BCUT2D eigenvalue weighted by atomic mass is 9.88. The zero-order chi connectivity index (χ0) is 14.9. The van der Waals surface area contributed by atoms with E-state index >= 15 is 0 Å². The number of hydrogen-bond acceptors (Lipinski definition) is 3. The molecule has 1 atom stereocenters. The van der Waals surface area contributed by atoms with Gasteiger partial charge in [-0.15, -0.1) is 11.3 Å². The molecule has 20 heavy (non-hydrogen) atoms. The van der Waals surface area contributed by atoms with Crippen molar-refractivity contribution in [2.75, 3.05) is 0 Å². The minimum atomic E-state index is -0.0255. The Kier molecular flexibility index (Phi) is 4.31. The van der Waals surface area contributed by atoms with E-state index in [4.69, 9.17) is 10.7 Å². The summed E-state index contributed by atoms with van der Waals surface area (Å²) in [6, 6.07) is 10.4. The lowest BCUT2D eigenvalue weighted by Crippen LogP contribution is -2.26. The molecule has 0 aliphatic rings. The molecule has 2 nitrogen and oxygen atoms in total. The van der Waals surface area contributed by atoms with Gasteiger partial charge in [-0.3, -0.25) is 0 Å². The maximum Gasteiger partial charge on any atom is 0.111 e. The molecule has 0 aliphatic carbocycles. The number of nitrogens with two attached hydrogens (primary N) is 1. The summed E-state index contributed by atoms with van der Waals surface area (Å²) in [4.78, 5) is 6.19. The first kappa shape index (κ1) is 15.2. The zero-order valence-electron chi connectivity index (χ0n) is 13.0. The van der Waals surface area contributed by atoms with Gasteiger partial charge in [-0.1, -0.05) is 65.0 Å². The van der Waals surface area contributed by atoms with Crippen molar-refractivity contribution in [1.29, 1.82) is 0 Å². The van der Waals surface area contributed by atoms with Gasteiger partial charge in [-0.25, -0.2) is 4.98 Å². The molecule has 0 saturated carbocycles. The molecule has 0 bridgehead atoms. The van der Waals surface area contributed by atoms with Gasteiger partial charge in [0.2, 0.25) is 0 Å². The molecule has 0 radical (unpaired) electrons. The highest BCUT2D eigenvalue weighted by molar-refractivity contribution is 7.12. The Morgan fingerprint density at radius 3 is 2.20 bits per heavy atom. The summed E-state index contributed by atoms with van der Waals surface area (Å²) in [7, 11) is 0. The quantitative estimate of drug-likeness (QED) is 0.865. The maximum atomic E-state index is 6.38. The molecule has 0 amide bonds. The Balaban J connectivity index is 2.50. The van der Waals surface area contributed by atoms with Crippen LogP contribution >= 0.6 is 11.3 Å². The molecule has 2 N–H and O–H groups in total. The van der Waals surface area contributed by atoms with Gasteiger partial charge in [0.05, 0.1) is 11.7 Å². The third-order valence-electron chi connectivity index (χ3n) is 3.44. The van der Waals surface area contributed by atoms with Gasteiger partial charge in [0.15, 0.2) is 0 Å². The molecular weight excluding hydrogens is 264 g/mol. The van der Waals surface area contributed by atoms with Crippen LogP contribution in [-0.2, 0) is 0 Å². The topological polar surface area (TPSA) is 38.9 Å². The van der Waals surface area contributed by atoms with Gasteiger partial charge >= 0.3 is 0 Å². The fourth-order valence-electron chi connectivity index (χ4n) is 2.05. The van der Waals surface area contributed by atoms with Crippen molar-refractivity contribution in [3.63, 3.8) is 0 Å². The van der Waals surface area contributed by atoms with Crippen LogP contribution in [-0.4, -0.2) is 4.98 Å². The summed E-state index contributed by atoms with van der Waals surface area (Å²) in [5.74, 6) is 0.462. The summed E-state index contributed by atoms with van der Waals surface area (Å²) in [6.07, 6.45) is 0. The monoisotopic (exact) mass is 288 g/mol. The van der Waals surface area contributed by atoms with Crippen LogP contribution in [0.3, 0.4) is 0 Å². The summed E-state index contributed by atoms with van der Waals surface area (Å²) in [5.41, 5.74) is 8.69. The van der Waals surface area contributed by atoms with Crippen molar-refractivity contribution in [2.24, 2.45) is 11.1 Å². The Morgan fingerprint density at radius 1 is 1.10 bits per heavy atom. The number of rotatable bonds is 3. The molecular formula is C17H24N2S. The van der Waals surface area contributed by atoms with Crippen LogP contribution in [0.4, 0.5) is 0 Å². The molecule has 1 heterocycles. The highest BCUT2D eigenvalue weighted by Crippen LogP contribution is 2.39. The van der Waals surface area contributed by atoms with Gasteiger partial charge in [0.1, 0.15) is 5.01 Å². The summed E-state index contributed by atoms with van der Waals surface area (Å²) in [5, 5.41) is 1.04. The van der Waals surface area contributed by atoms with E-state index in [1.807, 2.05) is 6.07 Å². The smallest absolute Gasteiger partial charge is 0.111 e. The minimum Gasteiger partial charge on any atom is -0.322 e. The van der Waals surface area contributed by atoms with Crippen LogP contribution in [0.25, 0.3) is 11.3 Å².